The van der Waals surface area contributed by atoms with Crippen LogP contribution in [0.2, 0.25) is 5.02 Å². The van der Waals surface area contributed by atoms with Crippen LogP contribution in [-0.2, 0) is 41.5 Å². The Hall–Kier alpha value is -3.66. The molecule has 2 aliphatic rings. The van der Waals surface area contributed by atoms with E-state index in [1.54, 1.807) is 13.8 Å². The monoisotopic (exact) mass is 553 g/mol. The van der Waals surface area contributed by atoms with E-state index in [-0.39, 0.29) is 18.4 Å². The van der Waals surface area contributed by atoms with Gasteiger partial charge in [-0.15, -0.1) is 0 Å². The van der Waals surface area contributed by atoms with Gasteiger partial charge in [-0.3, -0.25) is 9.63 Å². The summed E-state index contributed by atoms with van der Waals surface area (Å²) in [5, 5.41) is 3.88. The molecule has 0 bridgehead atoms. The summed E-state index contributed by atoms with van der Waals surface area (Å²) in [4.78, 5) is 44.0. The van der Waals surface area contributed by atoms with E-state index in [2.05, 4.69) is 46.0 Å². The molecule has 0 saturated carbocycles. The number of cyclic esters (lactones) is 2. The van der Waals surface area contributed by atoms with E-state index in [9.17, 15) is 14.4 Å². The number of carbonyl (C=O) groups excluding carboxylic acids is 3. The van der Waals surface area contributed by atoms with Gasteiger partial charge in [-0.05, 0) is 75.4 Å². The molecule has 2 heterocycles. The number of rotatable bonds is 10. The van der Waals surface area contributed by atoms with Crippen molar-refractivity contribution in [1.82, 2.24) is 10.8 Å². The van der Waals surface area contributed by atoms with Crippen molar-refractivity contribution in [2.45, 2.75) is 45.6 Å². The zero-order valence-corrected chi connectivity index (χ0v) is 22.8. The highest BCUT2D eigenvalue weighted by atomic mass is 35.5. The maximum atomic E-state index is 12.6. The number of anilines is 2. The van der Waals surface area contributed by atoms with E-state index < -0.39 is 23.6 Å². The Bertz CT molecular complexity index is 1290. The quantitative estimate of drug-likeness (QED) is 0.255. The number of esters is 2. The molecular formula is C29H32ClN3O6. The van der Waals surface area contributed by atoms with Crippen molar-refractivity contribution in [1.29, 1.82) is 0 Å². The van der Waals surface area contributed by atoms with Crippen molar-refractivity contribution < 1.29 is 28.7 Å². The van der Waals surface area contributed by atoms with Crippen LogP contribution in [0.3, 0.4) is 0 Å². The summed E-state index contributed by atoms with van der Waals surface area (Å²) < 4.78 is 10.4. The lowest BCUT2D eigenvalue weighted by Crippen LogP contribution is -2.33. The Morgan fingerprint density at radius 1 is 1.00 bits per heavy atom. The van der Waals surface area contributed by atoms with E-state index in [1.807, 2.05) is 12.1 Å². The minimum Gasteiger partial charge on any atom is -0.422 e. The molecule has 39 heavy (non-hydrogen) atoms. The molecule has 0 fully saturated rings. The molecule has 0 aliphatic carbocycles. The second kappa shape index (κ2) is 13.4. The van der Waals surface area contributed by atoms with E-state index in [4.69, 9.17) is 25.9 Å². The molecule has 0 aromatic heterocycles. The first kappa shape index (κ1) is 28.4. The molecule has 2 aliphatic heterocycles. The number of amides is 1. The third-order valence-corrected chi connectivity index (χ3v) is 6.42. The third kappa shape index (κ3) is 7.69. The Labute approximate surface area is 232 Å². The van der Waals surface area contributed by atoms with Crippen molar-refractivity contribution in [3.63, 3.8) is 0 Å². The van der Waals surface area contributed by atoms with Crippen LogP contribution in [0.4, 0.5) is 11.4 Å². The van der Waals surface area contributed by atoms with Crippen LogP contribution < -0.4 is 15.7 Å². The molecule has 0 unspecified atom stereocenters. The summed E-state index contributed by atoms with van der Waals surface area (Å²) in [6.07, 6.45) is 5.12. The first-order valence-corrected chi connectivity index (χ1v) is 13.3. The van der Waals surface area contributed by atoms with Gasteiger partial charge >= 0.3 is 17.8 Å². The molecule has 4 rings (SSSR count). The number of hydroxylamine groups is 1. The number of halogens is 1. The lowest BCUT2D eigenvalue weighted by atomic mass is 10.0. The summed E-state index contributed by atoms with van der Waals surface area (Å²) in [5.41, 5.74) is 7.09. The van der Waals surface area contributed by atoms with Gasteiger partial charge in [-0.1, -0.05) is 35.9 Å². The van der Waals surface area contributed by atoms with Gasteiger partial charge in [0.2, 0.25) is 5.76 Å². The van der Waals surface area contributed by atoms with Gasteiger partial charge in [0.1, 0.15) is 0 Å². The SMILES string of the molecule is CC(C)ONC(=O)/C1=C(/CNCCCCN2c3ccccc3CCc3ccc(Cl)cc32)OC(=O)/C=C\C(=O)O1. The third-order valence-electron chi connectivity index (χ3n) is 6.18. The summed E-state index contributed by atoms with van der Waals surface area (Å²) >= 11 is 6.36. The first-order valence-electron chi connectivity index (χ1n) is 13.0. The maximum Gasteiger partial charge on any atom is 0.336 e. The largest absolute Gasteiger partial charge is 0.422 e. The molecule has 10 heteroatoms. The predicted molar refractivity (Wildman–Crippen MR) is 147 cm³/mol. The second-order valence-corrected chi connectivity index (χ2v) is 9.90. The minimum atomic E-state index is -0.864. The van der Waals surface area contributed by atoms with Gasteiger partial charge in [-0.25, -0.2) is 15.1 Å². The van der Waals surface area contributed by atoms with Gasteiger partial charge in [0.25, 0.3) is 0 Å². The number of fused-ring (bicyclic) bond motifs is 2. The number of nitrogens with one attached hydrogen (secondary N) is 2. The van der Waals surface area contributed by atoms with Crippen molar-refractivity contribution in [3.8, 4) is 0 Å². The molecule has 0 atom stereocenters. The number of para-hydroxylation sites is 1. The number of unbranched alkanes of at least 4 members (excludes halogenated alkanes) is 1. The number of carbonyl (C=O) groups is 3. The molecule has 0 spiro atoms. The van der Waals surface area contributed by atoms with Gasteiger partial charge < -0.3 is 19.7 Å². The number of benzene rings is 2. The lowest BCUT2D eigenvalue weighted by Gasteiger charge is -2.27. The molecule has 2 aromatic rings. The maximum absolute atomic E-state index is 12.6. The minimum absolute atomic E-state index is 0.00226. The highest BCUT2D eigenvalue weighted by Gasteiger charge is 2.26. The topological polar surface area (TPSA) is 106 Å². The van der Waals surface area contributed by atoms with E-state index in [0.717, 1.165) is 50.1 Å². The zero-order chi connectivity index (χ0) is 27.8. The van der Waals surface area contributed by atoms with Gasteiger partial charge in [0.05, 0.1) is 12.6 Å². The number of nitrogens with zero attached hydrogens (tertiary/aromatic N) is 1. The Balaban J connectivity index is 1.39. The van der Waals surface area contributed by atoms with Crippen LogP contribution in [-0.4, -0.2) is 43.6 Å². The highest BCUT2D eigenvalue weighted by Crippen LogP contribution is 2.37. The molecule has 2 aromatic carbocycles. The van der Waals surface area contributed by atoms with E-state index in [1.165, 1.54) is 16.8 Å². The normalized spacial score (nSPS) is 17.8. The molecule has 9 nitrogen and oxygen atoms in total. The smallest absolute Gasteiger partial charge is 0.336 e. The standard InChI is InChI=1S/C29H32ClN3O6/c1-19(2)39-32-29(36)28-25(37-26(34)13-14-27(35)38-28)18-31-15-5-6-16-33-23-8-4-3-7-20(23)9-10-21-11-12-22(30)17-24(21)33/h3-4,7-8,11-14,17,19,31H,5-6,9-10,15-16,18H2,1-2H3,(H,32,36)/b14-13-,28-25+. The fourth-order valence-electron chi connectivity index (χ4n) is 4.38. The second-order valence-electron chi connectivity index (χ2n) is 9.46. The summed E-state index contributed by atoms with van der Waals surface area (Å²) in [7, 11) is 0. The van der Waals surface area contributed by atoms with Crippen LogP contribution in [0, 0.1) is 0 Å². The Kier molecular flexibility index (Phi) is 9.75. The average Bonchev–Trinajstić information content (AvgIpc) is 3.06. The van der Waals surface area contributed by atoms with Gasteiger partial charge in [-0.2, -0.15) is 0 Å². The van der Waals surface area contributed by atoms with Crippen molar-refractivity contribution >= 4 is 40.8 Å². The number of hydrogen-bond donors (Lipinski definition) is 2. The highest BCUT2D eigenvalue weighted by molar-refractivity contribution is 6.30. The molecule has 0 radical (unpaired) electrons. The van der Waals surface area contributed by atoms with Crippen LogP contribution in [0.5, 0.6) is 0 Å². The van der Waals surface area contributed by atoms with Crippen LogP contribution in [0.15, 0.2) is 66.1 Å². The van der Waals surface area contributed by atoms with Crippen molar-refractivity contribution in [2.24, 2.45) is 0 Å². The van der Waals surface area contributed by atoms with Crippen molar-refractivity contribution in [3.05, 3.63) is 82.3 Å². The average molecular weight is 554 g/mol. The molecule has 0 saturated heterocycles. The number of ether oxygens (including phenoxy) is 2. The first-order chi connectivity index (χ1) is 18.8. The van der Waals surface area contributed by atoms with E-state index in [0.29, 0.717) is 11.6 Å². The van der Waals surface area contributed by atoms with Crippen LogP contribution in [0.1, 0.15) is 37.8 Å². The molecule has 206 valence electrons. The molecular weight excluding hydrogens is 522 g/mol. The van der Waals surface area contributed by atoms with Gasteiger partial charge in [0, 0.05) is 35.1 Å². The summed E-state index contributed by atoms with van der Waals surface area (Å²) in [6.45, 7) is 4.80. The van der Waals surface area contributed by atoms with Crippen molar-refractivity contribution in [2.75, 3.05) is 24.5 Å². The lowest BCUT2D eigenvalue weighted by molar-refractivity contribution is -0.147. The van der Waals surface area contributed by atoms with Crippen LogP contribution in [0.25, 0.3) is 0 Å². The number of hydrogen-bond acceptors (Lipinski definition) is 8. The molecule has 2 N–H and O–H groups in total. The zero-order valence-electron chi connectivity index (χ0n) is 22.0. The number of aryl methyl sites for hydroxylation is 2. The predicted octanol–water partition coefficient (Wildman–Crippen LogP) is 4.27. The van der Waals surface area contributed by atoms with E-state index >= 15 is 0 Å². The Morgan fingerprint density at radius 3 is 2.49 bits per heavy atom. The summed E-state index contributed by atoms with van der Waals surface area (Å²) in [6, 6.07) is 14.5. The fourth-order valence-corrected chi connectivity index (χ4v) is 4.55. The van der Waals surface area contributed by atoms with Gasteiger partial charge in [0.15, 0.2) is 5.76 Å². The summed E-state index contributed by atoms with van der Waals surface area (Å²) in [5.74, 6) is -3.00. The Morgan fingerprint density at radius 2 is 1.72 bits per heavy atom. The molecule has 1 amide bonds. The van der Waals surface area contributed by atoms with Crippen LogP contribution >= 0.6 is 11.6 Å². The fraction of sp³-hybridized carbons (Fsp3) is 0.345.